The number of rotatable bonds is 42. The Labute approximate surface area is 332 Å². The van der Waals surface area contributed by atoms with Gasteiger partial charge in [-0.25, -0.2) is 0 Å². The molecule has 0 fully saturated rings. The van der Waals surface area contributed by atoms with E-state index in [-0.39, 0.29) is 23.8 Å². The normalized spacial score (nSPS) is 12.4. The molecule has 0 N–H and O–H groups in total. The van der Waals surface area contributed by atoms with Crippen molar-refractivity contribution >= 4 is 15.8 Å². The van der Waals surface area contributed by atoms with Crippen molar-refractivity contribution in [2.75, 3.05) is 26.4 Å². The molecule has 0 aliphatic carbocycles. The monoisotopic (exact) mass is 782 g/mol. The maximum absolute atomic E-state index is 12.8. The SMILES string of the molecule is CCCCCCCCCCCCCCCCCCOC[C@@H](COS(=O)(=O)c1cccc([N+](=O)[O-])c1)OCCCCCCCCCCCCCCCCCC. The lowest BCUT2D eigenvalue weighted by Crippen LogP contribution is -2.28. The summed E-state index contributed by atoms with van der Waals surface area (Å²) in [6.45, 7) is 5.73. The minimum absolute atomic E-state index is 0.192. The van der Waals surface area contributed by atoms with Crippen molar-refractivity contribution in [2.45, 2.75) is 230 Å². The first-order chi connectivity index (χ1) is 26.4. The van der Waals surface area contributed by atoms with Gasteiger partial charge in [-0.1, -0.05) is 213 Å². The van der Waals surface area contributed by atoms with E-state index in [9.17, 15) is 18.5 Å². The first-order valence-electron chi connectivity index (χ1n) is 22.7. The minimum atomic E-state index is -4.18. The Morgan fingerprint density at radius 1 is 0.537 bits per heavy atom. The van der Waals surface area contributed by atoms with Gasteiger partial charge in [0.2, 0.25) is 0 Å². The van der Waals surface area contributed by atoms with E-state index in [2.05, 4.69) is 13.8 Å². The molecule has 0 aromatic heterocycles. The lowest BCUT2D eigenvalue weighted by molar-refractivity contribution is -0.385. The average Bonchev–Trinajstić information content (AvgIpc) is 3.17. The Morgan fingerprint density at radius 2 is 0.907 bits per heavy atom. The topological polar surface area (TPSA) is 105 Å². The highest BCUT2D eigenvalue weighted by Crippen LogP contribution is 2.20. The molecule has 0 saturated carbocycles. The Morgan fingerprint density at radius 3 is 1.30 bits per heavy atom. The molecule has 1 rings (SSSR count). The quantitative estimate of drug-likeness (QED) is 0.0281. The highest BCUT2D eigenvalue weighted by molar-refractivity contribution is 7.86. The van der Waals surface area contributed by atoms with Gasteiger partial charge in [0.05, 0.1) is 18.1 Å². The van der Waals surface area contributed by atoms with E-state index in [0.717, 1.165) is 31.7 Å². The molecule has 0 heterocycles. The molecule has 0 saturated heterocycles. The molecule has 9 heteroatoms. The highest BCUT2D eigenvalue weighted by Gasteiger charge is 2.21. The van der Waals surface area contributed by atoms with Crippen LogP contribution in [0.3, 0.4) is 0 Å². The summed E-state index contributed by atoms with van der Waals surface area (Å²) in [6, 6.07) is 4.94. The summed E-state index contributed by atoms with van der Waals surface area (Å²) in [5, 5.41) is 11.2. The van der Waals surface area contributed by atoms with Gasteiger partial charge in [0, 0.05) is 25.3 Å². The van der Waals surface area contributed by atoms with Crippen molar-refractivity contribution in [3.63, 3.8) is 0 Å². The molecule has 0 bridgehead atoms. The molecule has 1 aromatic carbocycles. The predicted molar refractivity (Wildman–Crippen MR) is 226 cm³/mol. The van der Waals surface area contributed by atoms with E-state index in [4.69, 9.17) is 13.7 Å². The third-order valence-electron chi connectivity index (χ3n) is 10.5. The molecule has 1 atom stereocenters. The second-order valence-corrected chi connectivity index (χ2v) is 17.3. The molecule has 0 unspecified atom stereocenters. The summed E-state index contributed by atoms with van der Waals surface area (Å²) in [5.41, 5.74) is -0.293. The molecule has 0 amide bonds. The van der Waals surface area contributed by atoms with Crippen LogP contribution in [0.25, 0.3) is 0 Å². The summed E-state index contributed by atoms with van der Waals surface area (Å²) in [4.78, 5) is 10.3. The van der Waals surface area contributed by atoms with Crippen molar-refractivity contribution in [1.29, 1.82) is 0 Å². The van der Waals surface area contributed by atoms with Gasteiger partial charge in [0.1, 0.15) is 11.0 Å². The molecule has 8 nitrogen and oxygen atoms in total. The van der Waals surface area contributed by atoms with Crippen LogP contribution in [0.15, 0.2) is 29.2 Å². The van der Waals surface area contributed by atoms with Gasteiger partial charge in [-0.2, -0.15) is 8.42 Å². The lowest BCUT2D eigenvalue weighted by Gasteiger charge is -2.18. The van der Waals surface area contributed by atoms with E-state index in [1.807, 2.05) is 0 Å². The Bertz CT molecular complexity index is 1080. The summed E-state index contributed by atoms with van der Waals surface area (Å²) in [6.07, 6.45) is 41.4. The van der Waals surface area contributed by atoms with Crippen LogP contribution in [0.2, 0.25) is 0 Å². The van der Waals surface area contributed by atoms with Crippen LogP contribution >= 0.6 is 0 Å². The highest BCUT2D eigenvalue weighted by atomic mass is 32.2. The van der Waals surface area contributed by atoms with Gasteiger partial charge < -0.3 is 9.47 Å². The number of nitrogens with zero attached hydrogens (tertiary/aromatic N) is 1. The van der Waals surface area contributed by atoms with E-state index >= 15 is 0 Å². The molecular weight excluding hydrogens is 699 g/mol. The van der Waals surface area contributed by atoms with Crippen LogP contribution in [-0.2, 0) is 23.8 Å². The van der Waals surface area contributed by atoms with Crippen molar-refractivity contribution < 1.29 is 27.0 Å². The van der Waals surface area contributed by atoms with Crippen LogP contribution in [0.4, 0.5) is 5.69 Å². The number of unbranched alkanes of at least 4 members (excludes halogenated alkanes) is 30. The number of ether oxygens (including phenoxy) is 2. The maximum Gasteiger partial charge on any atom is 0.297 e. The minimum Gasteiger partial charge on any atom is -0.379 e. The van der Waals surface area contributed by atoms with Gasteiger partial charge in [0.25, 0.3) is 15.8 Å². The standard InChI is InChI=1S/C45H83NO7S/c1-3-5-7-9-11-13-15-17-19-21-23-25-27-29-31-33-38-51-41-44(42-53-54(49,50)45-37-35-36-43(40-45)46(47)48)52-39-34-32-30-28-26-24-22-20-18-16-14-12-10-8-6-4-2/h35-37,40,44H,3-34,38-39,41-42H2,1-2H3/t44-/m0/s1. The number of non-ortho nitro benzene ring substituents is 1. The first-order valence-corrected chi connectivity index (χ1v) is 24.1. The van der Waals surface area contributed by atoms with Crippen molar-refractivity contribution in [1.82, 2.24) is 0 Å². The van der Waals surface area contributed by atoms with E-state index in [1.54, 1.807) is 0 Å². The number of benzene rings is 1. The molecular formula is C45H83NO7S. The molecule has 0 spiro atoms. The van der Waals surface area contributed by atoms with Crippen molar-refractivity contribution in [3.05, 3.63) is 34.4 Å². The molecule has 0 radical (unpaired) electrons. The summed E-state index contributed by atoms with van der Waals surface area (Å²) >= 11 is 0. The van der Waals surface area contributed by atoms with Gasteiger partial charge in [-0.3, -0.25) is 14.3 Å². The number of hydrogen-bond donors (Lipinski definition) is 0. The van der Waals surface area contributed by atoms with E-state index in [1.165, 1.54) is 198 Å². The van der Waals surface area contributed by atoms with Crippen LogP contribution in [0.5, 0.6) is 0 Å². The first kappa shape index (κ1) is 50.5. The second-order valence-electron chi connectivity index (χ2n) is 15.7. The Balaban J connectivity index is 2.23. The number of nitro benzene ring substituents is 1. The van der Waals surface area contributed by atoms with E-state index < -0.39 is 21.1 Å². The lowest BCUT2D eigenvalue weighted by atomic mass is 10.0. The summed E-state index contributed by atoms with van der Waals surface area (Å²) < 4.78 is 43.0. The Kier molecular flexibility index (Phi) is 34.6. The number of hydrogen-bond acceptors (Lipinski definition) is 7. The third-order valence-corrected chi connectivity index (χ3v) is 11.8. The molecule has 1 aromatic rings. The zero-order chi connectivity index (χ0) is 39.2. The van der Waals surface area contributed by atoms with E-state index in [0.29, 0.717) is 13.2 Å². The fraction of sp³-hybridized carbons (Fsp3) is 0.867. The van der Waals surface area contributed by atoms with Crippen LogP contribution in [0.1, 0.15) is 219 Å². The largest absolute Gasteiger partial charge is 0.379 e. The molecule has 0 aliphatic rings. The Hall–Kier alpha value is -1.55. The predicted octanol–water partition coefficient (Wildman–Crippen LogP) is 14.2. The number of nitro groups is 1. The average molecular weight is 782 g/mol. The van der Waals surface area contributed by atoms with Crippen molar-refractivity contribution in [3.8, 4) is 0 Å². The van der Waals surface area contributed by atoms with Crippen LogP contribution in [0, 0.1) is 10.1 Å². The van der Waals surface area contributed by atoms with Gasteiger partial charge in [-0.05, 0) is 18.9 Å². The maximum atomic E-state index is 12.8. The zero-order valence-electron chi connectivity index (χ0n) is 35.1. The molecule has 54 heavy (non-hydrogen) atoms. The van der Waals surface area contributed by atoms with Crippen LogP contribution < -0.4 is 0 Å². The van der Waals surface area contributed by atoms with Crippen molar-refractivity contribution in [2.24, 2.45) is 0 Å². The molecule has 316 valence electrons. The van der Waals surface area contributed by atoms with Gasteiger partial charge >= 0.3 is 0 Å². The summed E-state index contributed by atoms with van der Waals surface area (Å²) in [5.74, 6) is 0. The molecule has 0 aliphatic heterocycles. The second kappa shape index (κ2) is 37.1. The van der Waals surface area contributed by atoms with Gasteiger partial charge in [0.15, 0.2) is 0 Å². The fourth-order valence-corrected chi connectivity index (χ4v) is 7.97. The smallest absolute Gasteiger partial charge is 0.297 e. The zero-order valence-corrected chi connectivity index (χ0v) is 35.9. The third kappa shape index (κ3) is 30.6. The van der Waals surface area contributed by atoms with Crippen LogP contribution in [-0.4, -0.2) is 45.9 Å². The summed E-state index contributed by atoms with van der Waals surface area (Å²) in [7, 11) is -4.18. The van der Waals surface area contributed by atoms with Gasteiger partial charge in [-0.15, -0.1) is 0 Å². The fourth-order valence-electron chi connectivity index (χ4n) is 7.00.